The predicted molar refractivity (Wildman–Crippen MR) is 150 cm³/mol. The molecule has 0 aliphatic carbocycles. The minimum atomic E-state index is -3.72. The van der Waals surface area contributed by atoms with Crippen LogP contribution < -0.4 is 9.46 Å². The lowest BCUT2D eigenvalue weighted by atomic mass is 10.1. The molecule has 1 unspecified atom stereocenters. The van der Waals surface area contributed by atoms with Gasteiger partial charge in [-0.15, -0.1) is 0 Å². The van der Waals surface area contributed by atoms with Crippen LogP contribution in [0.2, 0.25) is 0 Å². The number of carboxylic acid groups (broad SMARTS) is 1. The van der Waals surface area contributed by atoms with E-state index in [1.54, 1.807) is 48.6 Å². The summed E-state index contributed by atoms with van der Waals surface area (Å²) in [6, 6.07) is 21.2. The molecule has 38 heavy (non-hydrogen) atoms. The standard InChI is InChI=1S/C30H35NO6S/c1-2-3-7-23-13-17-28(18-14-23)38(35,36)31-26-10-6-8-24(22-26)12-16-27(32)20-21-37-29-11-5-4-9-25(29)15-19-30(33)34/h4-6,8-14,16-18,22,27,31-32H,2-3,7,15,19-21H2,1H3,(H,33,34)/b16-12+. The second-order valence-corrected chi connectivity index (χ2v) is 10.7. The predicted octanol–water partition coefficient (Wildman–Crippen LogP) is 5.69. The number of para-hydroxylation sites is 1. The number of aliphatic hydroxyl groups excluding tert-OH is 1. The molecule has 0 spiro atoms. The number of carbonyl (C=O) groups is 1. The van der Waals surface area contributed by atoms with Crippen molar-refractivity contribution in [2.24, 2.45) is 0 Å². The number of benzene rings is 3. The Balaban J connectivity index is 1.54. The Labute approximate surface area is 224 Å². The Morgan fingerprint density at radius 1 is 1.03 bits per heavy atom. The van der Waals surface area contributed by atoms with E-state index in [-0.39, 0.29) is 17.9 Å². The molecule has 0 amide bonds. The molecule has 3 rings (SSSR count). The third kappa shape index (κ3) is 9.36. The van der Waals surface area contributed by atoms with Gasteiger partial charge in [0.2, 0.25) is 0 Å². The number of nitrogens with one attached hydrogen (secondary N) is 1. The molecule has 7 nitrogen and oxygen atoms in total. The van der Waals surface area contributed by atoms with E-state index in [2.05, 4.69) is 11.6 Å². The molecular formula is C30H35NO6S. The Kier molecular flexibility index (Phi) is 10.9. The summed E-state index contributed by atoms with van der Waals surface area (Å²) in [6.07, 6.45) is 6.39. The van der Waals surface area contributed by atoms with Gasteiger partial charge in [0.05, 0.1) is 17.6 Å². The van der Waals surface area contributed by atoms with Gasteiger partial charge < -0.3 is 14.9 Å². The number of aliphatic hydroxyl groups is 1. The smallest absolute Gasteiger partial charge is 0.303 e. The van der Waals surface area contributed by atoms with Crippen LogP contribution >= 0.6 is 0 Å². The first-order valence-corrected chi connectivity index (χ1v) is 14.3. The van der Waals surface area contributed by atoms with Crippen molar-refractivity contribution in [1.82, 2.24) is 0 Å². The van der Waals surface area contributed by atoms with Gasteiger partial charge in [0.15, 0.2) is 0 Å². The fourth-order valence-electron chi connectivity index (χ4n) is 3.84. The van der Waals surface area contributed by atoms with Crippen molar-refractivity contribution in [2.45, 2.75) is 56.4 Å². The van der Waals surface area contributed by atoms with Gasteiger partial charge in [0, 0.05) is 18.5 Å². The Bertz CT molecular complexity index is 1320. The van der Waals surface area contributed by atoms with Gasteiger partial charge in [0.1, 0.15) is 5.75 Å². The van der Waals surface area contributed by atoms with Crippen molar-refractivity contribution in [2.75, 3.05) is 11.3 Å². The number of aryl methyl sites for hydroxylation is 2. The zero-order valence-corrected chi connectivity index (χ0v) is 22.4. The normalized spacial score (nSPS) is 12.4. The van der Waals surface area contributed by atoms with E-state index >= 15 is 0 Å². The first-order valence-electron chi connectivity index (χ1n) is 12.8. The van der Waals surface area contributed by atoms with Gasteiger partial charge in [0.25, 0.3) is 10.0 Å². The summed E-state index contributed by atoms with van der Waals surface area (Å²) in [6.45, 7) is 2.38. The van der Waals surface area contributed by atoms with E-state index < -0.39 is 22.1 Å². The SMILES string of the molecule is CCCCc1ccc(S(=O)(=O)Nc2cccc(/C=C/C(O)CCOc3ccccc3CCC(=O)O)c2)cc1. The average Bonchev–Trinajstić information content (AvgIpc) is 2.90. The summed E-state index contributed by atoms with van der Waals surface area (Å²) in [5, 5.41) is 19.3. The molecule has 0 aromatic heterocycles. The molecule has 202 valence electrons. The summed E-state index contributed by atoms with van der Waals surface area (Å²) >= 11 is 0. The van der Waals surface area contributed by atoms with Crippen molar-refractivity contribution in [3.63, 3.8) is 0 Å². The van der Waals surface area contributed by atoms with E-state index in [1.165, 1.54) is 0 Å². The second kappa shape index (κ2) is 14.4. The number of hydrogen-bond donors (Lipinski definition) is 3. The van der Waals surface area contributed by atoms with Crippen LogP contribution in [0.4, 0.5) is 5.69 Å². The molecule has 0 radical (unpaired) electrons. The van der Waals surface area contributed by atoms with E-state index in [0.29, 0.717) is 24.3 Å². The lowest BCUT2D eigenvalue weighted by molar-refractivity contribution is -0.136. The molecule has 3 N–H and O–H groups in total. The van der Waals surface area contributed by atoms with Crippen molar-refractivity contribution in [3.05, 3.63) is 95.6 Å². The minimum absolute atomic E-state index is 0.0201. The highest BCUT2D eigenvalue weighted by Crippen LogP contribution is 2.21. The van der Waals surface area contributed by atoms with Crippen molar-refractivity contribution in [3.8, 4) is 5.75 Å². The average molecular weight is 538 g/mol. The van der Waals surface area contributed by atoms with Crippen LogP contribution in [0.3, 0.4) is 0 Å². The van der Waals surface area contributed by atoms with Gasteiger partial charge in [-0.3, -0.25) is 9.52 Å². The van der Waals surface area contributed by atoms with Crippen LogP contribution in [0.25, 0.3) is 6.08 Å². The van der Waals surface area contributed by atoms with Gasteiger partial charge in [-0.2, -0.15) is 0 Å². The lowest BCUT2D eigenvalue weighted by Gasteiger charge is -2.12. The van der Waals surface area contributed by atoms with Crippen molar-refractivity contribution in [1.29, 1.82) is 0 Å². The highest BCUT2D eigenvalue weighted by Gasteiger charge is 2.14. The van der Waals surface area contributed by atoms with E-state index in [4.69, 9.17) is 9.84 Å². The zero-order chi connectivity index (χ0) is 27.4. The fourth-order valence-corrected chi connectivity index (χ4v) is 4.89. The maximum absolute atomic E-state index is 12.8. The number of rotatable bonds is 15. The molecule has 3 aromatic rings. The van der Waals surface area contributed by atoms with E-state index in [1.807, 2.05) is 36.4 Å². The maximum Gasteiger partial charge on any atom is 0.303 e. The quantitative estimate of drug-likeness (QED) is 0.230. The monoisotopic (exact) mass is 537 g/mol. The number of anilines is 1. The number of carboxylic acids is 1. The zero-order valence-electron chi connectivity index (χ0n) is 21.5. The Morgan fingerprint density at radius 3 is 2.53 bits per heavy atom. The maximum atomic E-state index is 12.8. The molecule has 0 aliphatic rings. The highest BCUT2D eigenvalue weighted by molar-refractivity contribution is 7.92. The molecule has 0 fully saturated rings. The number of unbranched alkanes of at least 4 members (excludes halogenated alkanes) is 1. The van der Waals surface area contributed by atoms with E-state index in [9.17, 15) is 18.3 Å². The topological polar surface area (TPSA) is 113 Å². The Morgan fingerprint density at radius 2 is 1.79 bits per heavy atom. The molecule has 0 saturated carbocycles. The van der Waals surface area contributed by atoms with Crippen molar-refractivity contribution < 1.29 is 28.2 Å². The van der Waals surface area contributed by atoms with Gasteiger partial charge >= 0.3 is 5.97 Å². The molecule has 0 aliphatic heterocycles. The van der Waals surface area contributed by atoms with E-state index in [0.717, 1.165) is 36.0 Å². The third-order valence-electron chi connectivity index (χ3n) is 5.95. The molecule has 0 heterocycles. The Hall–Kier alpha value is -3.62. The summed E-state index contributed by atoms with van der Waals surface area (Å²) in [7, 11) is -3.72. The first kappa shape index (κ1) is 28.9. The largest absolute Gasteiger partial charge is 0.493 e. The van der Waals surface area contributed by atoms with Crippen LogP contribution in [0.1, 0.15) is 49.3 Å². The lowest BCUT2D eigenvalue weighted by Crippen LogP contribution is -2.13. The summed E-state index contributed by atoms with van der Waals surface area (Å²) in [4.78, 5) is 11.1. The number of ether oxygens (including phenoxy) is 1. The number of aliphatic carboxylic acids is 1. The second-order valence-electron chi connectivity index (χ2n) is 9.04. The van der Waals surface area contributed by atoms with Crippen molar-refractivity contribution >= 4 is 27.8 Å². The molecule has 0 saturated heterocycles. The molecule has 0 bridgehead atoms. The van der Waals surface area contributed by atoms with Crippen LogP contribution in [-0.2, 0) is 27.7 Å². The van der Waals surface area contributed by atoms with Gasteiger partial charge in [-0.05, 0) is 66.3 Å². The van der Waals surface area contributed by atoms with Crippen LogP contribution in [0.5, 0.6) is 5.75 Å². The minimum Gasteiger partial charge on any atom is -0.493 e. The molecule has 1 atom stereocenters. The third-order valence-corrected chi connectivity index (χ3v) is 7.35. The van der Waals surface area contributed by atoms with Crippen LogP contribution in [0, 0.1) is 0 Å². The fraction of sp³-hybridized carbons (Fsp3) is 0.300. The van der Waals surface area contributed by atoms with Gasteiger partial charge in [-0.25, -0.2) is 8.42 Å². The van der Waals surface area contributed by atoms with Crippen LogP contribution in [0.15, 0.2) is 83.8 Å². The molecule has 3 aromatic carbocycles. The summed E-state index contributed by atoms with van der Waals surface area (Å²) in [5.41, 5.74) is 3.09. The molecule has 8 heteroatoms. The molecular weight excluding hydrogens is 502 g/mol. The summed E-state index contributed by atoms with van der Waals surface area (Å²) < 4.78 is 34.0. The van der Waals surface area contributed by atoms with Crippen LogP contribution in [-0.4, -0.2) is 37.3 Å². The first-order chi connectivity index (χ1) is 18.3. The summed E-state index contributed by atoms with van der Waals surface area (Å²) in [5.74, 6) is -0.255. The number of hydrogen-bond acceptors (Lipinski definition) is 5. The van der Waals surface area contributed by atoms with Gasteiger partial charge in [-0.1, -0.05) is 68.0 Å². The highest BCUT2D eigenvalue weighted by atomic mass is 32.2. The number of sulfonamides is 1.